The highest BCUT2D eigenvalue weighted by Crippen LogP contribution is 2.39. The SMILES string of the molecule is CC1(C)C=C2CN(CCc3ccc(c(O)c3)-c3ccccc32)C1. The van der Waals surface area contributed by atoms with E-state index in [9.17, 15) is 5.11 Å². The summed E-state index contributed by atoms with van der Waals surface area (Å²) in [5, 5.41) is 10.5. The molecule has 3 aliphatic rings. The molecular weight excluding hydrogens is 282 g/mol. The van der Waals surface area contributed by atoms with Crippen molar-refractivity contribution in [3.05, 3.63) is 59.7 Å². The van der Waals surface area contributed by atoms with Crippen molar-refractivity contribution in [3.63, 3.8) is 0 Å². The molecule has 0 aromatic heterocycles. The average Bonchev–Trinajstić information content (AvgIpc) is 2.54. The summed E-state index contributed by atoms with van der Waals surface area (Å²) in [6, 6.07) is 14.6. The molecule has 0 spiro atoms. The zero-order chi connectivity index (χ0) is 16.0. The minimum Gasteiger partial charge on any atom is -0.507 e. The van der Waals surface area contributed by atoms with Crippen LogP contribution in [0.3, 0.4) is 0 Å². The van der Waals surface area contributed by atoms with Crippen LogP contribution < -0.4 is 0 Å². The predicted molar refractivity (Wildman–Crippen MR) is 95.4 cm³/mol. The zero-order valence-corrected chi connectivity index (χ0v) is 13.8. The van der Waals surface area contributed by atoms with Crippen molar-refractivity contribution < 1.29 is 5.11 Å². The first-order chi connectivity index (χ1) is 11.0. The van der Waals surface area contributed by atoms with Crippen LogP contribution in [0.5, 0.6) is 5.75 Å². The van der Waals surface area contributed by atoms with Gasteiger partial charge in [0.05, 0.1) is 0 Å². The van der Waals surface area contributed by atoms with Gasteiger partial charge in [-0.05, 0) is 40.2 Å². The van der Waals surface area contributed by atoms with E-state index < -0.39 is 0 Å². The molecule has 0 fully saturated rings. The van der Waals surface area contributed by atoms with Crippen molar-refractivity contribution in [1.29, 1.82) is 0 Å². The fourth-order valence-corrected chi connectivity index (χ4v) is 4.00. The molecule has 1 unspecified atom stereocenters. The van der Waals surface area contributed by atoms with E-state index in [1.165, 1.54) is 16.7 Å². The Balaban J connectivity index is 1.97. The van der Waals surface area contributed by atoms with Gasteiger partial charge in [0.1, 0.15) is 5.75 Å². The molecule has 118 valence electrons. The van der Waals surface area contributed by atoms with Gasteiger partial charge in [-0.15, -0.1) is 0 Å². The van der Waals surface area contributed by atoms with E-state index in [-0.39, 0.29) is 5.41 Å². The molecule has 5 rings (SSSR count). The normalized spacial score (nSPS) is 22.0. The number of rotatable bonds is 0. The largest absolute Gasteiger partial charge is 0.507 e. The summed E-state index contributed by atoms with van der Waals surface area (Å²) in [5.74, 6) is 0.390. The van der Waals surface area contributed by atoms with Crippen LogP contribution in [0.2, 0.25) is 0 Å². The first-order valence-electron chi connectivity index (χ1n) is 8.38. The van der Waals surface area contributed by atoms with Crippen LogP contribution >= 0.6 is 0 Å². The molecule has 2 nitrogen and oxygen atoms in total. The summed E-state index contributed by atoms with van der Waals surface area (Å²) in [5.41, 5.74) is 6.06. The van der Waals surface area contributed by atoms with E-state index in [4.69, 9.17) is 0 Å². The summed E-state index contributed by atoms with van der Waals surface area (Å²) in [6.07, 6.45) is 3.40. The molecule has 23 heavy (non-hydrogen) atoms. The quantitative estimate of drug-likeness (QED) is 0.782. The lowest BCUT2D eigenvalue weighted by atomic mass is 9.83. The molecule has 0 saturated heterocycles. The third-order valence-electron chi connectivity index (χ3n) is 4.93. The third kappa shape index (κ3) is 2.68. The number of phenolic OH excluding ortho intramolecular Hbond substituents is 1. The lowest BCUT2D eigenvalue weighted by Gasteiger charge is -2.37. The molecule has 3 heterocycles. The van der Waals surface area contributed by atoms with Crippen LogP contribution in [0.4, 0.5) is 0 Å². The van der Waals surface area contributed by atoms with E-state index in [0.29, 0.717) is 5.75 Å². The second-order valence-electron chi connectivity index (χ2n) is 7.52. The van der Waals surface area contributed by atoms with Gasteiger partial charge in [-0.1, -0.05) is 56.3 Å². The van der Waals surface area contributed by atoms with Gasteiger partial charge >= 0.3 is 0 Å². The number of phenols is 1. The minimum atomic E-state index is 0.173. The smallest absolute Gasteiger partial charge is 0.123 e. The maximum Gasteiger partial charge on any atom is 0.123 e. The maximum atomic E-state index is 10.5. The summed E-state index contributed by atoms with van der Waals surface area (Å²) in [4.78, 5) is 2.54. The number of hydrogen-bond acceptors (Lipinski definition) is 2. The summed E-state index contributed by atoms with van der Waals surface area (Å²) in [6.45, 7) is 7.72. The van der Waals surface area contributed by atoms with Crippen molar-refractivity contribution >= 4 is 5.57 Å². The van der Waals surface area contributed by atoms with E-state index in [1.54, 1.807) is 0 Å². The molecular formula is C21H23NO. The van der Waals surface area contributed by atoms with E-state index in [0.717, 1.165) is 37.2 Å². The van der Waals surface area contributed by atoms with E-state index >= 15 is 0 Å². The third-order valence-corrected chi connectivity index (χ3v) is 4.93. The lowest BCUT2D eigenvalue weighted by Crippen LogP contribution is -2.39. The Morgan fingerprint density at radius 2 is 1.78 bits per heavy atom. The number of hydrogen-bond donors (Lipinski definition) is 1. The highest BCUT2D eigenvalue weighted by molar-refractivity contribution is 5.85. The monoisotopic (exact) mass is 305 g/mol. The van der Waals surface area contributed by atoms with Gasteiger partial charge in [-0.2, -0.15) is 0 Å². The van der Waals surface area contributed by atoms with Crippen LogP contribution in [0.1, 0.15) is 25.0 Å². The first-order valence-corrected chi connectivity index (χ1v) is 8.38. The van der Waals surface area contributed by atoms with Crippen molar-refractivity contribution in [2.45, 2.75) is 20.3 Å². The standard InChI is InChI=1S/C21H23NO/c1-21(2)12-16-13-22(14-21)10-9-15-7-8-19(20(23)11-15)18-6-4-3-5-17(16)18/h3-8,11-12,23H,9-10,13-14H2,1-2H3. The molecule has 1 atom stereocenters. The van der Waals surface area contributed by atoms with Crippen molar-refractivity contribution in [3.8, 4) is 16.9 Å². The van der Waals surface area contributed by atoms with Gasteiger partial charge in [0.2, 0.25) is 0 Å². The van der Waals surface area contributed by atoms with E-state index in [2.05, 4.69) is 61.2 Å². The molecule has 0 aliphatic carbocycles. The molecule has 4 bridgehead atoms. The number of aromatic hydroxyl groups is 1. The number of benzene rings is 2. The summed E-state index contributed by atoms with van der Waals surface area (Å²) in [7, 11) is 0. The van der Waals surface area contributed by atoms with Gasteiger partial charge in [0, 0.05) is 25.2 Å². The molecule has 0 amide bonds. The van der Waals surface area contributed by atoms with Gasteiger partial charge < -0.3 is 5.11 Å². The van der Waals surface area contributed by atoms with Gasteiger partial charge in [-0.25, -0.2) is 0 Å². The van der Waals surface area contributed by atoms with Crippen molar-refractivity contribution in [2.75, 3.05) is 19.6 Å². The fraction of sp³-hybridized carbons (Fsp3) is 0.333. The van der Waals surface area contributed by atoms with E-state index in [1.807, 2.05) is 6.07 Å². The van der Waals surface area contributed by atoms with Gasteiger partial charge in [-0.3, -0.25) is 4.90 Å². The number of nitrogens with zero attached hydrogens (tertiary/aromatic N) is 1. The maximum absolute atomic E-state index is 10.5. The van der Waals surface area contributed by atoms with Crippen LogP contribution in [-0.2, 0) is 6.42 Å². The molecule has 1 N–H and O–H groups in total. The summed E-state index contributed by atoms with van der Waals surface area (Å²) < 4.78 is 0. The predicted octanol–water partition coefficient (Wildman–Crippen LogP) is 4.34. The van der Waals surface area contributed by atoms with Crippen molar-refractivity contribution in [2.24, 2.45) is 5.41 Å². The molecule has 2 aromatic carbocycles. The topological polar surface area (TPSA) is 23.5 Å². The van der Waals surface area contributed by atoms with Gasteiger partial charge in [0.15, 0.2) is 0 Å². The molecule has 2 aromatic rings. The fourth-order valence-electron chi connectivity index (χ4n) is 4.00. The van der Waals surface area contributed by atoms with Crippen LogP contribution in [-0.4, -0.2) is 29.6 Å². The Hall–Kier alpha value is -2.06. The molecule has 0 radical (unpaired) electrons. The molecule has 3 aliphatic heterocycles. The minimum absolute atomic E-state index is 0.173. The lowest BCUT2D eigenvalue weighted by molar-refractivity contribution is 0.221. The Kier molecular flexibility index (Phi) is 3.31. The Bertz CT molecular complexity index is 788. The zero-order valence-electron chi connectivity index (χ0n) is 13.8. The highest BCUT2D eigenvalue weighted by atomic mass is 16.3. The average molecular weight is 305 g/mol. The summed E-state index contributed by atoms with van der Waals surface area (Å²) >= 11 is 0. The van der Waals surface area contributed by atoms with Crippen LogP contribution in [0.15, 0.2) is 48.5 Å². The molecule has 2 heteroatoms. The highest BCUT2D eigenvalue weighted by Gasteiger charge is 2.28. The van der Waals surface area contributed by atoms with Crippen molar-refractivity contribution in [1.82, 2.24) is 4.90 Å². The number of fused-ring (bicyclic) bond motifs is 3. The molecule has 0 saturated carbocycles. The van der Waals surface area contributed by atoms with Crippen LogP contribution in [0, 0.1) is 5.41 Å². The second kappa shape index (κ2) is 5.24. The Labute approximate surface area is 138 Å². The second-order valence-corrected chi connectivity index (χ2v) is 7.52. The Morgan fingerprint density at radius 3 is 2.57 bits per heavy atom. The van der Waals surface area contributed by atoms with Gasteiger partial charge in [0.25, 0.3) is 0 Å². The Morgan fingerprint density at radius 1 is 1.00 bits per heavy atom. The van der Waals surface area contributed by atoms with Crippen LogP contribution in [0.25, 0.3) is 16.7 Å². The first kappa shape index (κ1) is 14.5.